The molecule has 198 valence electrons. The van der Waals surface area contributed by atoms with Gasteiger partial charge in [0.2, 0.25) is 5.91 Å². The highest BCUT2D eigenvalue weighted by molar-refractivity contribution is 7.20. The number of hydrogen-bond acceptors (Lipinski definition) is 5. The Kier molecular flexibility index (Phi) is 6.77. The van der Waals surface area contributed by atoms with Crippen LogP contribution in [-0.4, -0.2) is 45.5 Å². The lowest BCUT2D eigenvalue weighted by molar-refractivity contribution is -0.143. The lowest BCUT2D eigenvalue weighted by Gasteiger charge is -2.15. The summed E-state index contributed by atoms with van der Waals surface area (Å²) in [5, 5.41) is 1.98. The van der Waals surface area contributed by atoms with Crippen molar-refractivity contribution >= 4 is 39.1 Å². The average molecular weight is 550 g/mol. The molecule has 3 heterocycles. The molecular weight excluding hydrogens is 533 g/mol. The van der Waals surface area contributed by atoms with Gasteiger partial charge >= 0.3 is 12.4 Å². The molecule has 3 aromatic rings. The number of carbonyl (C=O) groups is 2. The Labute approximate surface area is 207 Å². The first kappa shape index (κ1) is 26.6. The molecule has 0 radical (unpaired) electrons. The Morgan fingerprint density at radius 2 is 1.73 bits per heavy atom. The van der Waals surface area contributed by atoms with Gasteiger partial charge in [0.25, 0.3) is 11.5 Å². The normalized spacial score (nSPS) is 16.4. The number of nitrogens with one attached hydrogen (secondary N) is 1. The van der Waals surface area contributed by atoms with Crippen LogP contribution in [0.3, 0.4) is 0 Å². The van der Waals surface area contributed by atoms with E-state index in [0.29, 0.717) is 12.1 Å². The van der Waals surface area contributed by atoms with E-state index in [1.165, 1.54) is 11.8 Å². The molecule has 4 rings (SSSR count). The summed E-state index contributed by atoms with van der Waals surface area (Å²) in [5.74, 6) is -1.54. The third-order valence-electron chi connectivity index (χ3n) is 5.71. The van der Waals surface area contributed by atoms with Gasteiger partial charge in [-0.25, -0.2) is 9.37 Å². The van der Waals surface area contributed by atoms with Crippen molar-refractivity contribution in [2.24, 2.45) is 0 Å². The molecule has 7 nitrogen and oxygen atoms in total. The molecule has 0 unspecified atom stereocenters. The van der Waals surface area contributed by atoms with E-state index in [-0.39, 0.29) is 46.2 Å². The highest BCUT2D eigenvalue weighted by atomic mass is 32.1. The van der Waals surface area contributed by atoms with Crippen LogP contribution in [0.15, 0.2) is 29.3 Å². The molecule has 1 atom stereocenters. The van der Waals surface area contributed by atoms with Gasteiger partial charge in [-0.15, -0.1) is 11.3 Å². The number of aromatic nitrogens is 2. The largest absolute Gasteiger partial charge is 0.416 e. The number of amides is 2. The Morgan fingerprint density at radius 3 is 2.27 bits per heavy atom. The molecule has 2 aromatic heterocycles. The monoisotopic (exact) mass is 550 g/mol. The number of aryl methyl sites for hydroxylation is 1. The molecular formula is C22H17F7N4O3S. The average Bonchev–Trinajstić information content (AvgIpc) is 3.37. The number of halogens is 7. The molecule has 1 fully saturated rings. The van der Waals surface area contributed by atoms with E-state index in [1.54, 1.807) is 0 Å². The quantitative estimate of drug-likeness (QED) is 0.481. The molecule has 0 bridgehead atoms. The second-order valence-electron chi connectivity index (χ2n) is 8.39. The molecule has 1 aliphatic rings. The first-order valence-electron chi connectivity index (χ1n) is 10.7. The minimum atomic E-state index is -5.10. The van der Waals surface area contributed by atoms with Crippen molar-refractivity contribution in [2.45, 2.75) is 38.4 Å². The number of nitrogens with zero attached hydrogens (tertiary/aromatic N) is 3. The van der Waals surface area contributed by atoms with Crippen molar-refractivity contribution in [3.05, 3.63) is 56.4 Å². The third kappa shape index (κ3) is 5.45. The van der Waals surface area contributed by atoms with Crippen molar-refractivity contribution < 1.29 is 40.3 Å². The summed E-state index contributed by atoms with van der Waals surface area (Å²) in [6, 6.07) is 0.614. The van der Waals surface area contributed by atoms with E-state index in [0.717, 1.165) is 22.2 Å². The van der Waals surface area contributed by atoms with Crippen LogP contribution < -0.4 is 10.9 Å². The van der Waals surface area contributed by atoms with E-state index >= 15 is 0 Å². The highest BCUT2D eigenvalue weighted by Crippen LogP contribution is 2.37. The molecule has 1 saturated heterocycles. The van der Waals surface area contributed by atoms with Gasteiger partial charge in [0.1, 0.15) is 17.5 Å². The minimum Gasteiger partial charge on any atom is -0.335 e. The summed E-state index contributed by atoms with van der Waals surface area (Å²) >= 11 is 0.920. The SMILES string of the molecule is Cc1c(C(=O)N2CC[C@@H](F)C2)sc2ncn(CC(=O)Nc3cc(C(F)(F)F)cc(C(F)(F)F)c3)c(=O)c12. The lowest BCUT2D eigenvalue weighted by atomic mass is 10.1. The summed E-state index contributed by atoms with van der Waals surface area (Å²) < 4.78 is 92.7. The molecule has 1 N–H and O–H groups in total. The third-order valence-corrected chi connectivity index (χ3v) is 6.90. The van der Waals surface area contributed by atoms with Gasteiger partial charge < -0.3 is 10.2 Å². The number of hydrogen-bond donors (Lipinski definition) is 1. The van der Waals surface area contributed by atoms with Crippen molar-refractivity contribution in [3.8, 4) is 0 Å². The number of benzene rings is 1. The van der Waals surface area contributed by atoms with E-state index in [9.17, 15) is 45.1 Å². The van der Waals surface area contributed by atoms with Gasteiger partial charge in [0, 0.05) is 12.2 Å². The lowest BCUT2D eigenvalue weighted by Crippen LogP contribution is -2.29. The number of likely N-dealkylation sites (tertiary alicyclic amines) is 1. The summed E-state index contributed by atoms with van der Waals surface area (Å²) in [6.07, 6.45) is -10.2. The Hall–Kier alpha value is -3.49. The number of fused-ring (bicyclic) bond motifs is 1. The summed E-state index contributed by atoms with van der Waals surface area (Å²) in [5.41, 5.74) is -4.45. The zero-order valence-corrected chi connectivity index (χ0v) is 19.7. The van der Waals surface area contributed by atoms with E-state index < -0.39 is 59.3 Å². The number of thiophene rings is 1. The predicted molar refractivity (Wildman–Crippen MR) is 119 cm³/mol. The first-order valence-corrected chi connectivity index (χ1v) is 11.5. The Bertz CT molecular complexity index is 1410. The van der Waals surface area contributed by atoms with Crippen molar-refractivity contribution in [1.82, 2.24) is 14.5 Å². The van der Waals surface area contributed by atoms with E-state index in [2.05, 4.69) is 4.98 Å². The smallest absolute Gasteiger partial charge is 0.335 e. The molecule has 1 aromatic carbocycles. The molecule has 0 saturated carbocycles. The standard InChI is InChI=1S/C22H17F7N4O3S/c1-10-16-18(37-17(10)20(36)32-3-2-13(23)7-32)30-9-33(19(16)35)8-15(34)31-14-5-11(21(24,25)26)4-12(6-14)22(27,28)29/h4-6,9,13H,2-3,7-8H2,1H3,(H,31,34)/t13-/m1/s1. The van der Waals surface area contributed by atoms with E-state index in [1.807, 2.05) is 5.32 Å². The summed E-state index contributed by atoms with van der Waals surface area (Å²) in [7, 11) is 0. The first-order chi connectivity index (χ1) is 17.1. The van der Waals surface area contributed by atoms with Crippen LogP contribution in [0.4, 0.5) is 36.4 Å². The van der Waals surface area contributed by atoms with Crippen LogP contribution in [-0.2, 0) is 23.7 Å². The molecule has 15 heteroatoms. The van der Waals surface area contributed by atoms with Crippen LogP contribution in [0.25, 0.3) is 10.2 Å². The zero-order chi connectivity index (χ0) is 27.3. The van der Waals surface area contributed by atoms with Crippen molar-refractivity contribution in [3.63, 3.8) is 0 Å². The number of rotatable bonds is 4. The minimum absolute atomic E-state index is 0.0260. The topological polar surface area (TPSA) is 84.3 Å². The fourth-order valence-corrected chi connectivity index (χ4v) is 5.01. The molecule has 0 aliphatic carbocycles. The maximum atomic E-state index is 13.5. The van der Waals surface area contributed by atoms with Gasteiger partial charge in [-0.3, -0.25) is 19.0 Å². The zero-order valence-electron chi connectivity index (χ0n) is 18.8. The van der Waals surface area contributed by atoms with Crippen LogP contribution in [0.1, 0.15) is 32.8 Å². The number of anilines is 1. The van der Waals surface area contributed by atoms with Gasteiger partial charge in [-0.1, -0.05) is 0 Å². The predicted octanol–water partition coefficient (Wildman–Crippen LogP) is 4.63. The summed E-state index contributed by atoms with van der Waals surface area (Å²) in [4.78, 5) is 43.9. The Morgan fingerprint density at radius 1 is 1.11 bits per heavy atom. The Balaban J connectivity index is 1.60. The molecule has 37 heavy (non-hydrogen) atoms. The maximum absolute atomic E-state index is 13.5. The van der Waals surface area contributed by atoms with Crippen molar-refractivity contribution in [1.29, 1.82) is 0 Å². The maximum Gasteiger partial charge on any atom is 0.416 e. The van der Waals surface area contributed by atoms with Crippen LogP contribution in [0.2, 0.25) is 0 Å². The fourth-order valence-electron chi connectivity index (χ4n) is 3.90. The summed E-state index contributed by atoms with van der Waals surface area (Å²) in [6.45, 7) is 0.866. The fraction of sp³-hybridized carbons (Fsp3) is 0.364. The van der Waals surface area contributed by atoms with Crippen LogP contribution in [0.5, 0.6) is 0 Å². The second-order valence-corrected chi connectivity index (χ2v) is 9.39. The van der Waals surface area contributed by atoms with Gasteiger partial charge in [0.05, 0.1) is 34.3 Å². The number of carbonyl (C=O) groups excluding carboxylic acids is 2. The highest BCUT2D eigenvalue weighted by Gasteiger charge is 2.37. The number of alkyl halides is 7. The van der Waals surface area contributed by atoms with E-state index in [4.69, 9.17) is 0 Å². The molecule has 0 spiro atoms. The van der Waals surface area contributed by atoms with Gasteiger partial charge in [-0.2, -0.15) is 26.3 Å². The van der Waals surface area contributed by atoms with Crippen molar-refractivity contribution in [2.75, 3.05) is 18.4 Å². The molecule has 2 amide bonds. The second kappa shape index (κ2) is 9.43. The molecule has 1 aliphatic heterocycles. The van der Waals surface area contributed by atoms with Gasteiger partial charge in [0.15, 0.2) is 0 Å². The van der Waals surface area contributed by atoms with Crippen LogP contribution >= 0.6 is 11.3 Å². The van der Waals surface area contributed by atoms with Crippen LogP contribution in [0, 0.1) is 6.92 Å². The van der Waals surface area contributed by atoms with Gasteiger partial charge in [-0.05, 0) is 37.1 Å².